The fourth-order valence-electron chi connectivity index (χ4n) is 4.45. The number of nitrogens with one attached hydrogen (secondary N) is 1. The van der Waals surface area contributed by atoms with E-state index >= 15 is 0 Å². The minimum atomic E-state index is -0.358. The molecule has 2 saturated heterocycles. The van der Waals surface area contributed by atoms with Crippen molar-refractivity contribution in [3.8, 4) is 11.3 Å². The monoisotopic (exact) mass is 396 g/mol. The SMILES string of the molecule is Cn1cc(-c2ccc3c(n2)N(C(=O)N2CC[C@@H]4NC(=O)OC[C@H]4C2)CCC3)cn1. The largest absolute Gasteiger partial charge is 0.449 e. The van der Waals surface area contributed by atoms with Gasteiger partial charge in [-0.2, -0.15) is 5.10 Å². The molecule has 1 N–H and O–H groups in total. The van der Waals surface area contributed by atoms with Crippen LogP contribution in [0.3, 0.4) is 0 Å². The minimum absolute atomic E-state index is 0.0165. The van der Waals surface area contributed by atoms with Crippen LogP contribution in [0.1, 0.15) is 18.4 Å². The summed E-state index contributed by atoms with van der Waals surface area (Å²) >= 11 is 0. The summed E-state index contributed by atoms with van der Waals surface area (Å²) in [6.07, 6.45) is 5.94. The molecule has 3 aliphatic rings. The second-order valence-corrected chi connectivity index (χ2v) is 7.96. The van der Waals surface area contributed by atoms with Crippen LogP contribution in [-0.2, 0) is 18.2 Å². The number of aromatic nitrogens is 3. The average molecular weight is 396 g/mol. The summed E-state index contributed by atoms with van der Waals surface area (Å²) in [7, 11) is 1.87. The van der Waals surface area contributed by atoms with Crippen molar-refractivity contribution in [2.24, 2.45) is 13.0 Å². The van der Waals surface area contributed by atoms with Gasteiger partial charge in [-0.05, 0) is 30.9 Å². The summed E-state index contributed by atoms with van der Waals surface area (Å²) in [4.78, 5) is 33.3. The van der Waals surface area contributed by atoms with Gasteiger partial charge in [-0.3, -0.25) is 9.58 Å². The van der Waals surface area contributed by atoms with Gasteiger partial charge in [0.05, 0.1) is 18.5 Å². The van der Waals surface area contributed by atoms with Gasteiger partial charge in [-0.1, -0.05) is 6.07 Å². The molecule has 0 radical (unpaired) electrons. The summed E-state index contributed by atoms with van der Waals surface area (Å²) < 4.78 is 6.87. The average Bonchev–Trinajstić information content (AvgIpc) is 3.18. The third-order valence-corrected chi connectivity index (χ3v) is 6.01. The van der Waals surface area contributed by atoms with Crippen LogP contribution >= 0.6 is 0 Å². The number of pyridine rings is 1. The molecular formula is C20H24N6O3. The summed E-state index contributed by atoms with van der Waals surface area (Å²) in [6.45, 7) is 2.22. The number of fused-ring (bicyclic) bond motifs is 2. The second kappa shape index (κ2) is 7.06. The fraction of sp³-hybridized carbons (Fsp3) is 0.500. The first-order chi connectivity index (χ1) is 14.1. The highest BCUT2D eigenvalue weighted by Gasteiger charge is 2.38. The van der Waals surface area contributed by atoms with Crippen molar-refractivity contribution >= 4 is 17.9 Å². The van der Waals surface area contributed by atoms with E-state index in [1.54, 1.807) is 15.8 Å². The molecular weight excluding hydrogens is 372 g/mol. The molecule has 0 saturated carbocycles. The highest BCUT2D eigenvalue weighted by Crippen LogP contribution is 2.30. The Bertz CT molecular complexity index is 957. The fourth-order valence-corrected chi connectivity index (χ4v) is 4.45. The first-order valence-corrected chi connectivity index (χ1v) is 10.1. The number of nitrogens with zero attached hydrogens (tertiary/aromatic N) is 5. The maximum atomic E-state index is 13.4. The summed E-state index contributed by atoms with van der Waals surface area (Å²) in [5, 5.41) is 7.09. The number of anilines is 1. The van der Waals surface area contributed by atoms with Crippen LogP contribution in [-0.4, -0.2) is 64.1 Å². The van der Waals surface area contributed by atoms with Gasteiger partial charge < -0.3 is 15.0 Å². The van der Waals surface area contributed by atoms with Crippen LogP contribution in [0.25, 0.3) is 11.3 Å². The smallest absolute Gasteiger partial charge is 0.407 e. The Labute approximate surface area is 168 Å². The molecule has 0 aromatic carbocycles. The van der Waals surface area contributed by atoms with Crippen LogP contribution in [0.2, 0.25) is 0 Å². The number of rotatable bonds is 1. The van der Waals surface area contributed by atoms with Crippen LogP contribution < -0.4 is 10.2 Å². The zero-order chi connectivity index (χ0) is 20.0. The van der Waals surface area contributed by atoms with Crippen LogP contribution in [0.4, 0.5) is 15.4 Å². The van der Waals surface area contributed by atoms with E-state index in [1.807, 2.05) is 24.2 Å². The van der Waals surface area contributed by atoms with E-state index < -0.39 is 0 Å². The van der Waals surface area contributed by atoms with Gasteiger partial charge in [0.15, 0.2) is 0 Å². The summed E-state index contributed by atoms with van der Waals surface area (Å²) in [5.41, 5.74) is 2.85. The predicted molar refractivity (Wildman–Crippen MR) is 105 cm³/mol. The van der Waals surface area contributed by atoms with Crippen molar-refractivity contribution < 1.29 is 14.3 Å². The van der Waals surface area contributed by atoms with Gasteiger partial charge in [0.25, 0.3) is 0 Å². The lowest BCUT2D eigenvalue weighted by Gasteiger charge is -2.42. The van der Waals surface area contributed by atoms with Crippen molar-refractivity contribution in [2.75, 3.05) is 31.1 Å². The number of amides is 3. The maximum Gasteiger partial charge on any atom is 0.407 e. The Kier molecular flexibility index (Phi) is 4.37. The van der Waals surface area contributed by atoms with E-state index in [-0.39, 0.29) is 24.1 Å². The van der Waals surface area contributed by atoms with Crippen molar-refractivity contribution in [1.82, 2.24) is 25.0 Å². The van der Waals surface area contributed by atoms with Crippen LogP contribution in [0, 0.1) is 5.92 Å². The molecule has 0 bridgehead atoms. The van der Waals surface area contributed by atoms with Crippen molar-refractivity contribution in [1.29, 1.82) is 0 Å². The molecule has 5 heterocycles. The Morgan fingerprint density at radius 2 is 2.21 bits per heavy atom. The van der Waals surface area contributed by atoms with Crippen molar-refractivity contribution in [2.45, 2.75) is 25.3 Å². The lowest BCUT2D eigenvalue weighted by Crippen LogP contribution is -2.59. The summed E-state index contributed by atoms with van der Waals surface area (Å²) in [5.74, 6) is 0.877. The van der Waals surface area contributed by atoms with Gasteiger partial charge in [-0.15, -0.1) is 0 Å². The lowest BCUT2D eigenvalue weighted by atomic mass is 9.92. The van der Waals surface area contributed by atoms with Gasteiger partial charge in [-0.25, -0.2) is 14.6 Å². The third kappa shape index (κ3) is 3.30. The molecule has 2 atom stereocenters. The highest BCUT2D eigenvalue weighted by molar-refractivity contribution is 5.92. The summed E-state index contributed by atoms with van der Waals surface area (Å²) in [6, 6.07) is 4.14. The van der Waals surface area contributed by atoms with Gasteiger partial charge in [0.2, 0.25) is 0 Å². The van der Waals surface area contributed by atoms with E-state index in [2.05, 4.69) is 16.5 Å². The quantitative estimate of drug-likeness (QED) is 0.793. The van der Waals surface area contributed by atoms with E-state index in [9.17, 15) is 9.59 Å². The third-order valence-electron chi connectivity index (χ3n) is 6.01. The molecule has 0 spiro atoms. The van der Waals surface area contributed by atoms with Gasteiger partial charge in [0, 0.05) is 50.4 Å². The minimum Gasteiger partial charge on any atom is -0.449 e. The van der Waals surface area contributed by atoms with Crippen LogP contribution in [0.5, 0.6) is 0 Å². The molecule has 3 aliphatic heterocycles. The number of alkyl carbamates (subject to hydrolysis) is 1. The Balaban J connectivity index is 1.38. The predicted octanol–water partition coefficient (Wildman–Crippen LogP) is 1.78. The topological polar surface area (TPSA) is 92.6 Å². The van der Waals surface area contributed by atoms with Gasteiger partial charge >= 0.3 is 12.1 Å². The second-order valence-electron chi connectivity index (χ2n) is 7.96. The zero-order valence-electron chi connectivity index (χ0n) is 16.4. The van der Waals surface area contributed by atoms with Crippen molar-refractivity contribution in [3.63, 3.8) is 0 Å². The molecule has 0 unspecified atom stereocenters. The molecule has 2 fully saturated rings. The molecule has 2 aromatic heterocycles. The number of urea groups is 1. The molecule has 3 amide bonds. The highest BCUT2D eigenvalue weighted by atomic mass is 16.6. The molecule has 5 rings (SSSR count). The van der Waals surface area contributed by atoms with E-state index in [0.717, 1.165) is 41.9 Å². The first-order valence-electron chi connectivity index (χ1n) is 10.1. The van der Waals surface area contributed by atoms with Gasteiger partial charge in [0.1, 0.15) is 5.82 Å². The molecule has 9 heteroatoms. The molecule has 9 nitrogen and oxygen atoms in total. The number of hydrogen-bond acceptors (Lipinski definition) is 5. The number of ether oxygens (including phenoxy) is 1. The maximum absolute atomic E-state index is 13.4. The zero-order valence-corrected chi connectivity index (χ0v) is 16.4. The Morgan fingerprint density at radius 3 is 3.03 bits per heavy atom. The number of hydrogen-bond donors (Lipinski definition) is 1. The molecule has 29 heavy (non-hydrogen) atoms. The normalized spacial score (nSPS) is 23.7. The number of likely N-dealkylation sites (tertiary alicyclic amines) is 1. The van der Waals surface area contributed by atoms with E-state index in [1.165, 1.54) is 0 Å². The Morgan fingerprint density at radius 1 is 1.31 bits per heavy atom. The molecule has 0 aliphatic carbocycles. The van der Waals surface area contributed by atoms with E-state index in [4.69, 9.17) is 9.72 Å². The number of cyclic esters (lactones) is 1. The number of piperidine rings is 1. The van der Waals surface area contributed by atoms with Crippen molar-refractivity contribution in [3.05, 3.63) is 30.1 Å². The van der Waals surface area contributed by atoms with E-state index in [0.29, 0.717) is 26.2 Å². The number of carbonyl (C=O) groups is 2. The van der Waals surface area contributed by atoms with Crippen LogP contribution in [0.15, 0.2) is 24.5 Å². The molecule has 2 aromatic rings. The first kappa shape index (κ1) is 18.0. The number of aryl methyl sites for hydroxylation is 2. The Hall–Kier alpha value is -3.10. The lowest BCUT2D eigenvalue weighted by molar-refractivity contribution is 0.0473. The standard InChI is InChI=1S/C20H24N6O3/c1-24-10-14(9-21-24)16-5-4-13-3-2-7-26(18(13)22-16)20(28)25-8-6-17-15(11-25)12-29-19(27)23-17/h4-5,9-10,15,17H,2-3,6-8,11-12H2,1H3,(H,23,27)/t15-,17+/m1/s1. The number of carbonyl (C=O) groups excluding carboxylic acids is 2. The molecule has 152 valence electrons.